The number of nitrogens with zero attached hydrogens (tertiary/aromatic N) is 5. The summed E-state index contributed by atoms with van der Waals surface area (Å²) in [6, 6.07) is 34.2. The molecule has 0 atom stereocenters. The number of para-hydroxylation sites is 1. The van der Waals surface area contributed by atoms with Gasteiger partial charge in [-0.05, 0) is 83.8 Å². The number of nitriles is 3. The lowest BCUT2D eigenvalue weighted by Gasteiger charge is -2.15. The van der Waals surface area contributed by atoms with Gasteiger partial charge in [-0.3, -0.25) is 4.98 Å². The molecule has 2 heterocycles. The van der Waals surface area contributed by atoms with Crippen LogP contribution in [0.15, 0.2) is 97.3 Å². The molecule has 0 aliphatic rings. The average Bonchev–Trinajstić information content (AvgIpc) is 3.30. The van der Waals surface area contributed by atoms with Crippen LogP contribution in [0.25, 0.3) is 49.7 Å². The van der Waals surface area contributed by atoms with E-state index < -0.39 is 0 Å². The molecule has 0 aliphatic heterocycles. The van der Waals surface area contributed by atoms with Gasteiger partial charge in [-0.15, -0.1) is 0 Å². The fraction of sp³-hybridized carbons (Fsp3) is 0.0303. The molecule has 0 aliphatic carbocycles. The molecule has 0 saturated carbocycles. The monoisotopic (exact) mass is 485 g/mol. The molecule has 2 aromatic heterocycles. The van der Waals surface area contributed by atoms with Gasteiger partial charge in [-0.25, -0.2) is 0 Å². The second kappa shape index (κ2) is 9.07. The number of hydrogen-bond acceptors (Lipinski definition) is 4. The zero-order valence-corrected chi connectivity index (χ0v) is 20.5. The van der Waals surface area contributed by atoms with Crippen molar-refractivity contribution in [2.24, 2.45) is 0 Å². The molecular formula is C33H19N5. The smallest absolute Gasteiger partial charge is 0.0998 e. The summed E-state index contributed by atoms with van der Waals surface area (Å²) < 4.78 is 2.24. The number of benzene rings is 4. The quantitative estimate of drug-likeness (QED) is 0.261. The molecule has 6 rings (SSSR count). The van der Waals surface area contributed by atoms with Crippen LogP contribution in [0.4, 0.5) is 0 Å². The van der Waals surface area contributed by atoms with Crippen LogP contribution in [0.3, 0.4) is 0 Å². The third-order valence-corrected chi connectivity index (χ3v) is 6.94. The van der Waals surface area contributed by atoms with Gasteiger partial charge in [-0.1, -0.05) is 30.3 Å². The van der Waals surface area contributed by atoms with Gasteiger partial charge in [0, 0.05) is 34.4 Å². The Hall–Kier alpha value is -5.70. The second-order valence-electron chi connectivity index (χ2n) is 9.10. The number of pyridine rings is 1. The van der Waals surface area contributed by atoms with Crippen molar-refractivity contribution in [2.75, 3.05) is 0 Å². The van der Waals surface area contributed by atoms with Crippen LogP contribution in [0.2, 0.25) is 0 Å². The van der Waals surface area contributed by atoms with Crippen LogP contribution in [0.1, 0.15) is 22.3 Å². The molecule has 0 fully saturated rings. The van der Waals surface area contributed by atoms with Gasteiger partial charge in [0.25, 0.3) is 0 Å². The summed E-state index contributed by atoms with van der Waals surface area (Å²) in [4.78, 5) is 4.13. The normalized spacial score (nSPS) is 10.7. The van der Waals surface area contributed by atoms with Crippen LogP contribution in [-0.4, -0.2) is 9.55 Å². The topological polar surface area (TPSA) is 89.2 Å². The zero-order valence-electron chi connectivity index (χ0n) is 20.5. The van der Waals surface area contributed by atoms with E-state index in [-0.39, 0.29) is 0 Å². The number of rotatable bonds is 3. The second-order valence-corrected chi connectivity index (χ2v) is 9.10. The molecule has 0 spiro atoms. The highest BCUT2D eigenvalue weighted by Crippen LogP contribution is 2.38. The lowest BCUT2D eigenvalue weighted by Crippen LogP contribution is -1.99. The molecule has 0 saturated heterocycles. The summed E-state index contributed by atoms with van der Waals surface area (Å²) in [6.45, 7) is 2.03. The maximum absolute atomic E-state index is 9.87. The first-order valence-corrected chi connectivity index (χ1v) is 12.1. The number of aromatic nitrogens is 2. The Morgan fingerprint density at radius 2 is 1.37 bits per heavy atom. The molecule has 0 N–H and O–H groups in total. The van der Waals surface area contributed by atoms with Crippen LogP contribution in [0.5, 0.6) is 0 Å². The summed E-state index contributed by atoms with van der Waals surface area (Å²) in [7, 11) is 0. The molecule has 176 valence electrons. The maximum Gasteiger partial charge on any atom is 0.0998 e. The van der Waals surface area contributed by atoms with Crippen LogP contribution >= 0.6 is 0 Å². The van der Waals surface area contributed by atoms with E-state index in [1.54, 1.807) is 24.5 Å². The van der Waals surface area contributed by atoms with Crippen molar-refractivity contribution in [2.45, 2.75) is 6.92 Å². The molecule has 0 amide bonds. The van der Waals surface area contributed by atoms with Crippen molar-refractivity contribution in [3.8, 4) is 46.1 Å². The zero-order chi connectivity index (χ0) is 26.2. The minimum absolute atomic E-state index is 0.462. The van der Waals surface area contributed by atoms with Crippen molar-refractivity contribution >= 4 is 21.8 Å². The van der Waals surface area contributed by atoms with Crippen molar-refractivity contribution in [3.05, 3.63) is 120 Å². The van der Waals surface area contributed by atoms with E-state index in [9.17, 15) is 15.8 Å². The summed E-state index contributed by atoms with van der Waals surface area (Å²) in [6.07, 6.45) is 3.47. The van der Waals surface area contributed by atoms with Gasteiger partial charge in [0.15, 0.2) is 0 Å². The third-order valence-electron chi connectivity index (χ3n) is 6.94. The van der Waals surface area contributed by atoms with Gasteiger partial charge in [0.2, 0.25) is 0 Å². The Morgan fingerprint density at radius 3 is 2.13 bits per heavy atom. The standard InChI is InChI=1S/C33H19N5/c1-21-14-25(19-35)29(23-10-12-37-13-11-23)17-33(21)38-31-5-3-2-4-28(31)30-16-24(7-9-32(30)38)27-8-6-22(18-34)15-26(27)20-36/h2-17H,1H3. The SMILES string of the molecule is Cc1cc(C#N)c(-c2ccncc2)cc1-n1c2ccccc2c2cc(-c3ccc(C#N)cc3C#N)ccc21. The number of fused-ring (bicyclic) bond motifs is 3. The van der Waals surface area contributed by atoms with Gasteiger partial charge in [0.05, 0.1) is 45.9 Å². The van der Waals surface area contributed by atoms with Crippen LogP contribution in [0, 0.1) is 40.9 Å². The van der Waals surface area contributed by atoms with E-state index in [0.717, 1.165) is 55.3 Å². The predicted molar refractivity (Wildman–Crippen MR) is 148 cm³/mol. The molecule has 0 radical (unpaired) electrons. The summed E-state index contributed by atoms with van der Waals surface area (Å²) in [5.41, 5.74) is 9.10. The first kappa shape index (κ1) is 22.7. The van der Waals surface area contributed by atoms with E-state index in [1.807, 2.05) is 49.4 Å². The molecule has 5 heteroatoms. The number of aryl methyl sites for hydroxylation is 1. The predicted octanol–water partition coefficient (Wildman–Crippen LogP) is 7.44. The Bertz CT molecular complexity index is 2010. The highest BCUT2D eigenvalue weighted by molar-refractivity contribution is 6.10. The average molecular weight is 486 g/mol. The molecule has 6 aromatic rings. The van der Waals surface area contributed by atoms with Crippen LogP contribution in [-0.2, 0) is 0 Å². The van der Waals surface area contributed by atoms with Crippen molar-refractivity contribution < 1.29 is 0 Å². The van der Waals surface area contributed by atoms with Gasteiger partial charge in [0.1, 0.15) is 0 Å². The first-order valence-electron chi connectivity index (χ1n) is 12.1. The minimum atomic E-state index is 0.462. The Kier molecular flexibility index (Phi) is 5.43. The fourth-order valence-corrected chi connectivity index (χ4v) is 5.16. The number of hydrogen-bond donors (Lipinski definition) is 0. The lowest BCUT2D eigenvalue weighted by atomic mass is 9.96. The highest BCUT2D eigenvalue weighted by Gasteiger charge is 2.18. The summed E-state index contributed by atoms with van der Waals surface area (Å²) in [5, 5.41) is 31.0. The van der Waals surface area contributed by atoms with E-state index in [1.165, 1.54) is 0 Å². The van der Waals surface area contributed by atoms with E-state index >= 15 is 0 Å². The maximum atomic E-state index is 9.87. The minimum Gasteiger partial charge on any atom is -0.309 e. The van der Waals surface area contributed by atoms with Crippen LogP contribution < -0.4 is 0 Å². The lowest BCUT2D eigenvalue weighted by molar-refractivity contribution is 1.15. The largest absolute Gasteiger partial charge is 0.309 e. The van der Waals surface area contributed by atoms with E-state index in [2.05, 4.69) is 58.1 Å². The van der Waals surface area contributed by atoms with Crippen molar-refractivity contribution in [3.63, 3.8) is 0 Å². The Labute approximate surface area is 219 Å². The first-order chi connectivity index (χ1) is 18.6. The van der Waals surface area contributed by atoms with Gasteiger partial charge < -0.3 is 4.57 Å². The molecule has 38 heavy (non-hydrogen) atoms. The molecular weight excluding hydrogens is 466 g/mol. The molecule has 4 aromatic carbocycles. The van der Waals surface area contributed by atoms with Gasteiger partial charge >= 0.3 is 0 Å². The highest BCUT2D eigenvalue weighted by atomic mass is 15.0. The van der Waals surface area contributed by atoms with Crippen molar-refractivity contribution in [1.29, 1.82) is 15.8 Å². The Morgan fingerprint density at radius 1 is 0.632 bits per heavy atom. The van der Waals surface area contributed by atoms with E-state index in [4.69, 9.17) is 0 Å². The summed E-state index contributed by atoms with van der Waals surface area (Å²) >= 11 is 0. The fourth-order valence-electron chi connectivity index (χ4n) is 5.16. The molecule has 5 nitrogen and oxygen atoms in total. The summed E-state index contributed by atoms with van der Waals surface area (Å²) in [5.74, 6) is 0. The van der Waals surface area contributed by atoms with Crippen molar-refractivity contribution in [1.82, 2.24) is 9.55 Å². The molecule has 0 bridgehead atoms. The van der Waals surface area contributed by atoms with Gasteiger partial charge in [-0.2, -0.15) is 15.8 Å². The Balaban J connectivity index is 1.63. The van der Waals surface area contributed by atoms with E-state index in [0.29, 0.717) is 16.7 Å². The molecule has 0 unspecified atom stereocenters. The third kappa shape index (κ3) is 3.58.